The summed E-state index contributed by atoms with van der Waals surface area (Å²) in [5.74, 6) is 1.70. The number of carbonyl (C=O) groups excluding carboxylic acids is 1. The lowest BCUT2D eigenvalue weighted by molar-refractivity contribution is -0.109. The Kier molecular flexibility index (Phi) is 7.70. The van der Waals surface area contributed by atoms with Crippen LogP contribution in [0, 0.1) is 0 Å². The molecule has 4 heteroatoms. The van der Waals surface area contributed by atoms with Gasteiger partial charge < -0.3 is 14.4 Å². The number of rotatable bonds is 8. The van der Waals surface area contributed by atoms with E-state index >= 15 is 0 Å². The number of benzene rings is 2. The van der Waals surface area contributed by atoms with Gasteiger partial charge in [0.25, 0.3) is 0 Å². The van der Waals surface area contributed by atoms with Gasteiger partial charge in [0.15, 0.2) is 6.29 Å². The van der Waals surface area contributed by atoms with Gasteiger partial charge in [0.2, 0.25) is 0 Å². The molecule has 0 aliphatic heterocycles. The highest BCUT2D eigenvalue weighted by atomic mass is 16.5. The number of hydrogen-bond acceptors (Lipinski definition) is 4. The SMILES string of the molecule is CN(C)CCOc1ccc(-c2ccc(OCC=O)c(C(C)(C)C)c2)cc1C(C)(C)C. The Labute approximate surface area is 182 Å². The van der Waals surface area contributed by atoms with Gasteiger partial charge in [0.05, 0.1) is 0 Å². The highest BCUT2D eigenvalue weighted by Gasteiger charge is 2.22. The summed E-state index contributed by atoms with van der Waals surface area (Å²) in [6.07, 6.45) is 0.783. The first-order valence-corrected chi connectivity index (χ1v) is 10.6. The molecule has 0 radical (unpaired) electrons. The lowest BCUT2D eigenvalue weighted by Gasteiger charge is -2.25. The van der Waals surface area contributed by atoms with E-state index in [9.17, 15) is 4.79 Å². The average molecular weight is 412 g/mol. The van der Waals surface area contributed by atoms with E-state index in [1.54, 1.807) is 0 Å². The summed E-state index contributed by atoms with van der Waals surface area (Å²) in [5.41, 5.74) is 4.42. The van der Waals surface area contributed by atoms with Crippen LogP contribution < -0.4 is 9.47 Å². The van der Waals surface area contributed by atoms with Crippen molar-refractivity contribution in [3.63, 3.8) is 0 Å². The Morgan fingerprint density at radius 3 is 1.67 bits per heavy atom. The van der Waals surface area contributed by atoms with Crippen LogP contribution >= 0.6 is 0 Å². The van der Waals surface area contributed by atoms with Crippen molar-refractivity contribution < 1.29 is 14.3 Å². The normalized spacial score (nSPS) is 12.2. The molecule has 0 spiro atoms. The zero-order chi connectivity index (χ0) is 22.5. The van der Waals surface area contributed by atoms with Crippen LogP contribution in [0.15, 0.2) is 36.4 Å². The number of aldehydes is 1. The molecule has 164 valence electrons. The Bertz CT molecular complexity index is 858. The maximum Gasteiger partial charge on any atom is 0.157 e. The van der Waals surface area contributed by atoms with Crippen molar-refractivity contribution in [3.8, 4) is 22.6 Å². The van der Waals surface area contributed by atoms with Crippen LogP contribution in [0.25, 0.3) is 11.1 Å². The van der Waals surface area contributed by atoms with Crippen molar-refractivity contribution in [2.45, 2.75) is 52.4 Å². The van der Waals surface area contributed by atoms with Crippen LogP contribution in [-0.4, -0.2) is 45.0 Å². The first-order chi connectivity index (χ1) is 13.9. The largest absolute Gasteiger partial charge is 0.492 e. The predicted octanol–water partition coefficient (Wildman–Crippen LogP) is 5.47. The van der Waals surface area contributed by atoms with Gasteiger partial charge in [-0.3, -0.25) is 4.79 Å². The summed E-state index contributed by atoms with van der Waals surface area (Å²) in [6, 6.07) is 12.6. The number of ether oxygens (including phenoxy) is 2. The van der Waals surface area contributed by atoms with Crippen molar-refractivity contribution in [2.24, 2.45) is 0 Å². The second kappa shape index (κ2) is 9.65. The molecule has 0 atom stereocenters. The molecule has 2 rings (SSSR count). The monoisotopic (exact) mass is 411 g/mol. The molecule has 0 fully saturated rings. The van der Waals surface area contributed by atoms with Crippen molar-refractivity contribution in [2.75, 3.05) is 33.9 Å². The molecular formula is C26H37NO3. The van der Waals surface area contributed by atoms with Gasteiger partial charge in [-0.2, -0.15) is 0 Å². The number of nitrogens with zero attached hydrogens (tertiary/aromatic N) is 1. The van der Waals surface area contributed by atoms with Crippen molar-refractivity contribution in [3.05, 3.63) is 47.5 Å². The second-order valence-corrected chi connectivity index (χ2v) is 10.1. The summed E-state index contributed by atoms with van der Waals surface area (Å²) < 4.78 is 11.8. The molecule has 0 aromatic heterocycles. The molecule has 0 saturated heterocycles. The minimum Gasteiger partial charge on any atom is -0.492 e. The molecule has 2 aromatic carbocycles. The molecule has 0 saturated carbocycles. The Balaban J connectivity index is 2.46. The molecule has 30 heavy (non-hydrogen) atoms. The summed E-state index contributed by atoms with van der Waals surface area (Å²) in [6.45, 7) is 14.7. The standard InChI is InChI=1S/C26H37NO3/c1-25(2,3)21-17-19(9-11-23(21)29-15-13-27(7)8)20-10-12-24(30-16-14-28)22(18-20)26(4,5)6/h9-12,14,17-18H,13,15-16H2,1-8H3. The second-order valence-electron chi connectivity index (χ2n) is 10.1. The van der Waals surface area contributed by atoms with Crippen LogP contribution in [0.3, 0.4) is 0 Å². The van der Waals surface area contributed by atoms with Gasteiger partial charge in [-0.25, -0.2) is 0 Å². The Hall–Kier alpha value is -2.33. The van der Waals surface area contributed by atoms with Gasteiger partial charge in [-0.1, -0.05) is 53.7 Å². The molecule has 0 aliphatic carbocycles. The van der Waals surface area contributed by atoms with E-state index in [1.165, 1.54) is 5.56 Å². The third-order valence-electron chi connectivity index (χ3n) is 5.01. The quantitative estimate of drug-likeness (QED) is 0.540. The summed E-state index contributed by atoms with van der Waals surface area (Å²) in [7, 11) is 4.10. The molecular weight excluding hydrogens is 374 g/mol. The summed E-state index contributed by atoms with van der Waals surface area (Å²) >= 11 is 0. The predicted molar refractivity (Wildman–Crippen MR) is 125 cm³/mol. The lowest BCUT2D eigenvalue weighted by atomic mass is 9.82. The van der Waals surface area contributed by atoms with E-state index in [1.807, 2.05) is 20.2 Å². The molecule has 0 N–H and O–H groups in total. The summed E-state index contributed by atoms with van der Waals surface area (Å²) in [4.78, 5) is 12.9. The minimum atomic E-state index is -0.101. The van der Waals surface area contributed by atoms with Gasteiger partial charge in [0, 0.05) is 17.7 Å². The molecule has 4 nitrogen and oxygen atoms in total. The van der Waals surface area contributed by atoms with E-state index < -0.39 is 0 Å². The average Bonchev–Trinajstić information content (AvgIpc) is 2.64. The fourth-order valence-corrected chi connectivity index (χ4v) is 3.31. The third-order valence-corrected chi connectivity index (χ3v) is 5.01. The zero-order valence-electron chi connectivity index (χ0n) is 19.8. The molecule has 2 aromatic rings. The van der Waals surface area contributed by atoms with E-state index in [2.05, 4.69) is 76.8 Å². The number of hydrogen-bond donors (Lipinski definition) is 0. The van der Waals surface area contributed by atoms with Crippen LogP contribution in [0.4, 0.5) is 0 Å². The van der Waals surface area contributed by atoms with Crippen molar-refractivity contribution in [1.29, 1.82) is 0 Å². The molecule has 0 aliphatic rings. The van der Waals surface area contributed by atoms with E-state index in [4.69, 9.17) is 9.47 Å². The van der Waals surface area contributed by atoms with E-state index in [0.29, 0.717) is 6.61 Å². The van der Waals surface area contributed by atoms with Gasteiger partial charge in [0.1, 0.15) is 24.7 Å². The van der Waals surface area contributed by atoms with Gasteiger partial charge >= 0.3 is 0 Å². The fourth-order valence-electron chi connectivity index (χ4n) is 3.31. The third kappa shape index (κ3) is 6.33. The van der Waals surface area contributed by atoms with Crippen molar-refractivity contribution in [1.82, 2.24) is 4.90 Å². The van der Waals surface area contributed by atoms with E-state index in [-0.39, 0.29) is 17.4 Å². The lowest BCUT2D eigenvalue weighted by Crippen LogP contribution is -2.21. The maximum atomic E-state index is 10.8. The van der Waals surface area contributed by atoms with Crippen LogP contribution in [-0.2, 0) is 15.6 Å². The maximum absolute atomic E-state index is 10.8. The fraction of sp³-hybridized carbons (Fsp3) is 0.500. The highest BCUT2D eigenvalue weighted by molar-refractivity contribution is 5.69. The molecule has 0 amide bonds. The number of carbonyl (C=O) groups is 1. The minimum absolute atomic E-state index is 0.0384. The topological polar surface area (TPSA) is 38.8 Å². The molecule has 0 heterocycles. The first-order valence-electron chi connectivity index (χ1n) is 10.6. The Morgan fingerprint density at radius 1 is 0.800 bits per heavy atom. The van der Waals surface area contributed by atoms with Gasteiger partial charge in [-0.15, -0.1) is 0 Å². The van der Waals surface area contributed by atoms with Crippen LogP contribution in [0.5, 0.6) is 11.5 Å². The smallest absolute Gasteiger partial charge is 0.157 e. The summed E-state index contributed by atoms with van der Waals surface area (Å²) in [5, 5.41) is 0. The zero-order valence-corrected chi connectivity index (χ0v) is 19.8. The Morgan fingerprint density at radius 2 is 1.27 bits per heavy atom. The highest BCUT2D eigenvalue weighted by Crippen LogP contribution is 2.38. The molecule has 0 unspecified atom stereocenters. The molecule has 0 bridgehead atoms. The van der Waals surface area contributed by atoms with Crippen LogP contribution in [0.1, 0.15) is 52.7 Å². The van der Waals surface area contributed by atoms with Gasteiger partial charge in [-0.05, 0) is 60.3 Å². The number of likely N-dealkylation sites (N-methyl/N-ethyl adjacent to an activating group) is 1. The van der Waals surface area contributed by atoms with E-state index in [0.717, 1.165) is 41.0 Å². The van der Waals surface area contributed by atoms with Crippen LogP contribution in [0.2, 0.25) is 0 Å². The van der Waals surface area contributed by atoms with Crippen molar-refractivity contribution >= 4 is 6.29 Å². The first kappa shape index (κ1) is 23.9.